The first-order valence-corrected chi connectivity index (χ1v) is 6.82. The maximum absolute atomic E-state index is 12.0. The summed E-state index contributed by atoms with van der Waals surface area (Å²) in [5.41, 5.74) is 3.16. The summed E-state index contributed by atoms with van der Waals surface area (Å²) < 4.78 is 0. The summed E-state index contributed by atoms with van der Waals surface area (Å²) in [4.78, 5) is 14.1. The molecule has 0 aliphatic carbocycles. The van der Waals surface area contributed by atoms with Gasteiger partial charge in [0.25, 0.3) is 0 Å². The van der Waals surface area contributed by atoms with E-state index in [0.29, 0.717) is 6.54 Å². The summed E-state index contributed by atoms with van der Waals surface area (Å²) in [6, 6.07) is 6.01. The van der Waals surface area contributed by atoms with Crippen LogP contribution in [0.5, 0.6) is 0 Å². The molecule has 0 saturated carbocycles. The van der Waals surface area contributed by atoms with Crippen LogP contribution in [0.2, 0.25) is 0 Å². The number of piperidine rings is 1. The van der Waals surface area contributed by atoms with Crippen LogP contribution in [0.25, 0.3) is 0 Å². The lowest BCUT2D eigenvalue weighted by atomic mass is 10.1. The van der Waals surface area contributed by atoms with E-state index in [0.717, 1.165) is 37.2 Å². The first-order valence-electron chi connectivity index (χ1n) is 6.82. The first-order chi connectivity index (χ1) is 9.04. The second-order valence-electron chi connectivity index (χ2n) is 5.37. The van der Waals surface area contributed by atoms with Crippen LogP contribution in [0, 0.1) is 13.8 Å². The van der Waals surface area contributed by atoms with Crippen molar-refractivity contribution >= 4 is 11.6 Å². The molecule has 1 aromatic carbocycles. The van der Waals surface area contributed by atoms with Crippen molar-refractivity contribution in [2.75, 3.05) is 25.0 Å². The molecular formula is C15H22N2O2. The van der Waals surface area contributed by atoms with E-state index in [1.54, 1.807) is 0 Å². The van der Waals surface area contributed by atoms with Gasteiger partial charge in [-0.15, -0.1) is 0 Å². The number of aliphatic hydroxyl groups excluding tert-OH is 1. The van der Waals surface area contributed by atoms with E-state index in [2.05, 4.69) is 16.3 Å². The number of aliphatic hydroxyl groups is 1. The lowest BCUT2D eigenvalue weighted by Crippen LogP contribution is -2.40. The molecule has 19 heavy (non-hydrogen) atoms. The zero-order valence-corrected chi connectivity index (χ0v) is 11.6. The number of rotatable bonds is 3. The molecule has 1 aromatic rings. The number of aryl methyl sites for hydroxylation is 2. The average molecular weight is 262 g/mol. The van der Waals surface area contributed by atoms with Crippen LogP contribution in [0.3, 0.4) is 0 Å². The largest absolute Gasteiger partial charge is 0.393 e. The van der Waals surface area contributed by atoms with Gasteiger partial charge in [-0.1, -0.05) is 17.7 Å². The Balaban J connectivity index is 1.87. The fourth-order valence-electron chi connectivity index (χ4n) is 2.42. The monoisotopic (exact) mass is 262 g/mol. The minimum atomic E-state index is -0.196. The highest BCUT2D eigenvalue weighted by Gasteiger charge is 2.19. The molecule has 2 rings (SSSR count). The normalized spacial score (nSPS) is 17.4. The molecule has 0 atom stereocenters. The third kappa shape index (κ3) is 4.04. The van der Waals surface area contributed by atoms with Crippen molar-refractivity contribution < 1.29 is 9.90 Å². The highest BCUT2D eigenvalue weighted by Crippen LogP contribution is 2.16. The van der Waals surface area contributed by atoms with Crippen LogP contribution in [0.15, 0.2) is 18.2 Å². The molecule has 0 spiro atoms. The third-order valence-corrected chi connectivity index (χ3v) is 3.58. The number of amides is 1. The number of hydrogen-bond acceptors (Lipinski definition) is 3. The van der Waals surface area contributed by atoms with Crippen LogP contribution in [0.4, 0.5) is 5.69 Å². The Morgan fingerprint density at radius 2 is 2.05 bits per heavy atom. The van der Waals surface area contributed by atoms with Gasteiger partial charge in [-0.3, -0.25) is 9.69 Å². The predicted octanol–water partition coefficient (Wildman–Crippen LogP) is 1.70. The SMILES string of the molecule is Cc1ccc(NC(=O)CN2CCC(O)CC2)c(C)c1. The lowest BCUT2D eigenvalue weighted by molar-refractivity contribution is -0.117. The van der Waals surface area contributed by atoms with Gasteiger partial charge < -0.3 is 10.4 Å². The van der Waals surface area contributed by atoms with E-state index >= 15 is 0 Å². The maximum atomic E-state index is 12.0. The fraction of sp³-hybridized carbons (Fsp3) is 0.533. The number of nitrogens with zero attached hydrogens (tertiary/aromatic N) is 1. The molecule has 0 bridgehead atoms. The summed E-state index contributed by atoms with van der Waals surface area (Å²) in [5.74, 6) is 0.0170. The fourth-order valence-corrected chi connectivity index (χ4v) is 2.42. The van der Waals surface area contributed by atoms with Gasteiger partial charge in [0.2, 0.25) is 5.91 Å². The second-order valence-corrected chi connectivity index (χ2v) is 5.37. The molecule has 2 N–H and O–H groups in total. The van der Waals surface area contributed by atoms with E-state index in [1.165, 1.54) is 5.56 Å². The van der Waals surface area contributed by atoms with Crippen LogP contribution < -0.4 is 5.32 Å². The van der Waals surface area contributed by atoms with E-state index in [-0.39, 0.29) is 12.0 Å². The molecule has 0 aromatic heterocycles. The molecule has 4 heteroatoms. The number of anilines is 1. The van der Waals surface area contributed by atoms with Gasteiger partial charge in [0.1, 0.15) is 0 Å². The Bertz CT molecular complexity index is 451. The van der Waals surface area contributed by atoms with Crippen molar-refractivity contribution in [1.82, 2.24) is 4.90 Å². The Labute approximate surface area is 114 Å². The van der Waals surface area contributed by atoms with Gasteiger partial charge in [-0.05, 0) is 38.3 Å². The Morgan fingerprint density at radius 1 is 1.37 bits per heavy atom. The van der Waals surface area contributed by atoms with E-state index in [9.17, 15) is 9.90 Å². The Morgan fingerprint density at radius 3 is 2.68 bits per heavy atom. The van der Waals surface area contributed by atoms with Gasteiger partial charge in [0.15, 0.2) is 0 Å². The predicted molar refractivity (Wildman–Crippen MR) is 76.2 cm³/mol. The van der Waals surface area contributed by atoms with E-state index < -0.39 is 0 Å². The van der Waals surface area contributed by atoms with Gasteiger partial charge in [0.05, 0.1) is 12.6 Å². The number of carbonyl (C=O) groups excluding carboxylic acids is 1. The summed E-state index contributed by atoms with van der Waals surface area (Å²) in [5, 5.41) is 12.4. The standard InChI is InChI=1S/C15H22N2O2/c1-11-3-4-14(12(2)9-11)16-15(19)10-17-7-5-13(18)6-8-17/h3-4,9,13,18H,5-8,10H2,1-2H3,(H,16,19). The molecule has 0 radical (unpaired) electrons. The molecule has 0 unspecified atom stereocenters. The first kappa shape index (κ1) is 14.0. The molecule has 1 fully saturated rings. The van der Waals surface area contributed by atoms with Crippen LogP contribution in [-0.4, -0.2) is 41.7 Å². The molecule has 1 heterocycles. The number of benzene rings is 1. The summed E-state index contributed by atoms with van der Waals surface area (Å²) in [6.07, 6.45) is 1.33. The van der Waals surface area contributed by atoms with Crippen LogP contribution >= 0.6 is 0 Å². The van der Waals surface area contributed by atoms with Crippen molar-refractivity contribution in [3.05, 3.63) is 29.3 Å². The van der Waals surface area contributed by atoms with Crippen molar-refractivity contribution in [2.24, 2.45) is 0 Å². The maximum Gasteiger partial charge on any atom is 0.238 e. The number of carbonyl (C=O) groups is 1. The van der Waals surface area contributed by atoms with Gasteiger partial charge in [0, 0.05) is 18.8 Å². The molecule has 4 nitrogen and oxygen atoms in total. The number of likely N-dealkylation sites (tertiary alicyclic amines) is 1. The minimum absolute atomic E-state index is 0.0170. The summed E-state index contributed by atoms with van der Waals surface area (Å²) >= 11 is 0. The highest BCUT2D eigenvalue weighted by molar-refractivity contribution is 5.93. The summed E-state index contributed by atoms with van der Waals surface area (Å²) in [6.45, 7) is 6.03. The lowest BCUT2D eigenvalue weighted by Gasteiger charge is -2.28. The minimum Gasteiger partial charge on any atom is -0.393 e. The van der Waals surface area contributed by atoms with Crippen LogP contribution in [0.1, 0.15) is 24.0 Å². The van der Waals surface area contributed by atoms with Crippen molar-refractivity contribution in [3.63, 3.8) is 0 Å². The molecule has 1 aliphatic rings. The van der Waals surface area contributed by atoms with Crippen molar-refractivity contribution in [2.45, 2.75) is 32.8 Å². The zero-order chi connectivity index (χ0) is 13.8. The number of nitrogens with one attached hydrogen (secondary N) is 1. The van der Waals surface area contributed by atoms with Crippen molar-refractivity contribution in [1.29, 1.82) is 0 Å². The highest BCUT2D eigenvalue weighted by atomic mass is 16.3. The number of hydrogen-bond donors (Lipinski definition) is 2. The Hall–Kier alpha value is -1.39. The molecular weight excluding hydrogens is 240 g/mol. The average Bonchev–Trinajstić information content (AvgIpc) is 2.36. The molecule has 104 valence electrons. The summed E-state index contributed by atoms with van der Waals surface area (Å²) in [7, 11) is 0. The third-order valence-electron chi connectivity index (χ3n) is 3.58. The molecule has 1 amide bonds. The smallest absolute Gasteiger partial charge is 0.238 e. The Kier molecular flexibility index (Phi) is 4.56. The quantitative estimate of drug-likeness (QED) is 0.871. The molecule has 1 aliphatic heterocycles. The molecule has 1 saturated heterocycles. The van der Waals surface area contributed by atoms with Crippen LogP contribution in [-0.2, 0) is 4.79 Å². The van der Waals surface area contributed by atoms with Gasteiger partial charge >= 0.3 is 0 Å². The zero-order valence-electron chi connectivity index (χ0n) is 11.6. The van der Waals surface area contributed by atoms with Crippen molar-refractivity contribution in [3.8, 4) is 0 Å². The van der Waals surface area contributed by atoms with E-state index in [1.807, 2.05) is 26.0 Å². The topological polar surface area (TPSA) is 52.6 Å². The van der Waals surface area contributed by atoms with Gasteiger partial charge in [-0.25, -0.2) is 0 Å². The van der Waals surface area contributed by atoms with Gasteiger partial charge in [-0.2, -0.15) is 0 Å². The second kappa shape index (κ2) is 6.17. The van der Waals surface area contributed by atoms with E-state index in [4.69, 9.17) is 0 Å².